The zero-order valence-corrected chi connectivity index (χ0v) is 16.5. The fourth-order valence-electron chi connectivity index (χ4n) is 0.385. The summed E-state index contributed by atoms with van der Waals surface area (Å²) in [5.41, 5.74) is 10.4. The quantitative estimate of drug-likeness (QED) is 0.0878. The van der Waals surface area contributed by atoms with Gasteiger partial charge in [-0.25, -0.2) is 0 Å². The van der Waals surface area contributed by atoms with Crippen LogP contribution in [0.3, 0.4) is 0 Å². The Morgan fingerprint density at radius 3 is 1.04 bits per heavy atom. The summed E-state index contributed by atoms with van der Waals surface area (Å²) in [6, 6.07) is -1.85. The summed E-state index contributed by atoms with van der Waals surface area (Å²) in [6.07, 6.45) is 0. The van der Waals surface area contributed by atoms with Crippen LogP contribution in [0.5, 0.6) is 0 Å². The predicted molar refractivity (Wildman–Crippen MR) is 79.3 cm³/mol. The van der Waals surface area contributed by atoms with Gasteiger partial charge in [-0.2, -0.15) is 0 Å². The third kappa shape index (κ3) is 43.0. The molecule has 18 heteroatoms. The summed E-state index contributed by atoms with van der Waals surface area (Å²) >= 11 is -10.5. The summed E-state index contributed by atoms with van der Waals surface area (Å²) in [6.45, 7) is 0. The molecule has 0 saturated carbocycles. The summed E-state index contributed by atoms with van der Waals surface area (Å²) < 4.78 is 63.8. The molecule has 0 amide bonds. The average Bonchev–Trinajstić information content (AvgIpc) is 2.29. The zero-order valence-electron chi connectivity index (χ0n) is 11.5. The molecule has 0 aromatic carbocycles. The maximum atomic E-state index is 10.3. The van der Waals surface area contributed by atoms with Crippen LogP contribution >= 0.6 is 21.6 Å². The van der Waals surface area contributed by atoms with E-state index < -0.39 is 50.8 Å². The normalized spacial score (nSPS) is 13.4. The standard InChI is InChI=1S/C6H12N2O4S2.2H2O4Se/c7-3(5(9)10)1-13-14-2-4(8)6(11)12;2*1-5(2,3)4/h3-4H,1-2,7-8H2,(H,9,10)(H,11,12);2*(H2,1,2,3,4)/t3-,4-;;/m0../s1. The molecule has 24 heavy (non-hydrogen) atoms. The van der Waals surface area contributed by atoms with E-state index in [1.54, 1.807) is 0 Å². The monoisotopic (exact) mass is 532 g/mol. The van der Waals surface area contributed by atoms with E-state index in [1.807, 2.05) is 0 Å². The van der Waals surface area contributed by atoms with Gasteiger partial charge in [0.25, 0.3) is 0 Å². The third-order valence-electron chi connectivity index (χ3n) is 1.21. The van der Waals surface area contributed by atoms with Crippen molar-refractivity contribution in [1.29, 1.82) is 0 Å². The second kappa shape index (κ2) is 13.9. The van der Waals surface area contributed by atoms with E-state index in [4.69, 9.17) is 53.8 Å². The number of aliphatic carboxylic acids is 2. The van der Waals surface area contributed by atoms with Crippen LogP contribution in [0.2, 0.25) is 0 Å². The molecule has 0 aromatic heterocycles. The second-order valence-electron chi connectivity index (χ2n) is 3.35. The first-order valence-electron chi connectivity index (χ1n) is 5.06. The van der Waals surface area contributed by atoms with Gasteiger partial charge in [0.15, 0.2) is 0 Å². The van der Waals surface area contributed by atoms with Gasteiger partial charge in [-0.1, -0.05) is 21.6 Å². The Balaban J connectivity index is -0.000000361. The molecule has 0 aromatic rings. The molecule has 0 fully saturated rings. The van der Waals surface area contributed by atoms with E-state index in [9.17, 15) is 9.59 Å². The summed E-state index contributed by atoms with van der Waals surface area (Å²) in [5.74, 6) is -1.68. The number of rotatable bonds is 7. The molecular formula is C6H16N2O12S2Se2. The van der Waals surface area contributed by atoms with Crippen molar-refractivity contribution in [2.45, 2.75) is 12.1 Å². The van der Waals surface area contributed by atoms with Gasteiger partial charge < -0.3 is 21.7 Å². The number of carboxylic acids is 2. The number of carbonyl (C=O) groups is 2. The second-order valence-corrected chi connectivity index (χ2v) is 9.66. The molecule has 10 N–H and O–H groups in total. The van der Waals surface area contributed by atoms with Crippen LogP contribution < -0.4 is 11.5 Å². The minimum atomic E-state index is -5.25. The van der Waals surface area contributed by atoms with E-state index in [2.05, 4.69) is 0 Å². The molecule has 0 spiro atoms. The molecule has 0 aliphatic heterocycles. The van der Waals surface area contributed by atoms with Gasteiger partial charge in [-0.05, 0) is 0 Å². The third-order valence-corrected chi connectivity index (χ3v) is 3.69. The molecular weight excluding hydrogens is 514 g/mol. The first kappa shape index (κ1) is 28.4. The number of nitrogens with two attached hydrogens (primary N) is 2. The van der Waals surface area contributed by atoms with Crippen molar-refractivity contribution in [3.8, 4) is 0 Å². The molecule has 0 bridgehead atoms. The molecule has 0 heterocycles. The van der Waals surface area contributed by atoms with Crippen LogP contribution in [-0.2, 0) is 24.9 Å². The molecule has 14 nitrogen and oxygen atoms in total. The molecule has 146 valence electrons. The Morgan fingerprint density at radius 1 is 0.750 bits per heavy atom. The summed E-state index contributed by atoms with van der Waals surface area (Å²) in [4.78, 5) is 20.5. The van der Waals surface area contributed by atoms with Gasteiger partial charge >= 0.3 is 70.8 Å². The van der Waals surface area contributed by atoms with E-state index in [0.29, 0.717) is 0 Å². The van der Waals surface area contributed by atoms with Crippen molar-refractivity contribution in [1.82, 2.24) is 0 Å². The van der Waals surface area contributed by atoms with E-state index in [1.165, 1.54) is 21.6 Å². The van der Waals surface area contributed by atoms with Crippen LogP contribution in [0.15, 0.2) is 0 Å². The van der Waals surface area contributed by atoms with Gasteiger partial charge in [0.05, 0.1) is 0 Å². The van der Waals surface area contributed by atoms with Gasteiger partial charge in [0.2, 0.25) is 0 Å². The van der Waals surface area contributed by atoms with Gasteiger partial charge in [-0.15, -0.1) is 0 Å². The molecule has 0 unspecified atom stereocenters. The Bertz CT molecular complexity index is 510. The Hall–Kier alpha value is -0.361. The van der Waals surface area contributed by atoms with Gasteiger partial charge in [0, 0.05) is 11.5 Å². The molecule has 0 radical (unpaired) electrons. The fraction of sp³-hybridized carbons (Fsp3) is 0.667. The number of hydrogen-bond donors (Lipinski definition) is 8. The maximum absolute atomic E-state index is 10.3. The minimum absolute atomic E-state index is 0.229. The number of hydrogen-bond acceptors (Lipinski definition) is 10. The zero-order chi connectivity index (χ0) is 20.1. The Kier molecular flexibility index (Phi) is 16.4. The van der Waals surface area contributed by atoms with Gasteiger partial charge in [0.1, 0.15) is 12.1 Å². The predicted octanol–water partition coefficient (Wildman–Crippen LogP) is -4.27. The number of carboxylic acid groups (broad SMARTS) is 2. The summed E-state index contributed by atoms with van der Waals surface area (Å²) in [5, 5.41) is 16.8. The van der Waals surface area contributed by atoms with E-state index in [0.717, 1.165) is 0 Å². The van der Waals surface area contributed by atoms with Crippen molar-refractivity contribution in [3.05, 3.63) is 0 Å². The SMILES string of the molecule is N[C@@H](CSSC[C@H](N)C(=O)O)C(=O)O.O=[Se](=O)(O)O.O=[Se](=O)(O)O. The Morgan fingerprint density at radius 2 is 0.917 bits per heavy atom. The van der Waals surface area contributed by atoms with Crippen molar-refractivity contribution in [3.63, 3.8) is 0 Å². The van der Waals surface area contributed by atoms with Gasteiger partial charge in [-0.3, -0.25) is 9.59 Å². The van der Waals surface area contributed by atoms with Crippen LogP contribution in [0, 0.1) is 0 Å². The van der Waals surface area contributed by atoms with E-state index >= 15 is 0 Å². The molecule has 0 aliphatic carbocycles. The van der Waals surface area contributed by atoms with Crippen LogP contribution in [0.4, 0.5) is 0 Å². The fourth-order valence-corrected chi connectivity index (χ4v) is 2.61. The molecule has 2 atom stereocenters. The molecule has 0 rings (SSSR count). The summed E-state index contributed by atoms with van der Waals surface area (Å²) in [7, 11) is 2.41. The van der Waals surface area contributed by atoms with Crippen molar-refractivity contribution < 1.29 is 51.9 Å². The van der Waals surface area contributed by atoms with E-state index in [-0.39, 0.29) is 11.5 Å². The average molecular weight is 530 g/mol. The first-order valence-corrected chi connectivity index (χ1v) is 13.4. The molecule has 0 aliphatic rings. The topological polar surface area (TPSA) is 276 Å². The Labute approximate surface area is 147 Å². The molecule has 0 saturated heterocycles. The van der Waals surface area contributed by atoms with Crippen LogP contribution in [0.25, 0.3) is 0 Å². The van der Waals surface area contributed by atoms with Crippen LogP contribution in [0.1, 0.15) is 0 Å². The van der Waals surface area contributed by atoms with Crippen molar-refractivity contribution in [2.75, 3.05) is 11.5 Å². The van der Waals surface area contributed by atoms with Crippen molar-refractivity contribution in [2.24, 2.45) is 11.5 Å². The first-order chi connectivity index (χ1) is 10.4. The van der Waals surface area contributed by atoms with Crippen LogP contribution in [-0.4, -0.2) is 89.2 Å². The van der Waals surface area contributed by atoms with Crippen molar-refractivity contribution >= 4 is 60.3 Å².